The number of amides is 1. The van der Waals surface area contributed by atoms with Crippen LogP contribution in [0.2, 0.25) is 0 Å². The van der Waals surface area contributed by atoms with E-state index in [4.69, 9.17) is 0 Å². The van der Waals surface area contributed by atoms with Gasteiger partial charge >= 0.3 is 0 Å². The van der Waals surface area contributed by atoms with E-state index >= 15 is 0 Å². The molecule has 7 heteroatoms. The lowest BCUT2D eigenvalue weighted by Crippen LogP contribution is -2.50. The summed E-state index contributed by atoms with van der Waals surface area (Å²) in [4.78, 5) is 27.9. The van der Waals surface area contributed by atoms with Gasteiger partial charge in [-0.1, -0.05) is 48.0 Å². The molecule has 2 aliphatic rings. The van der Waals surface area contributed by atoms with Crippen molar-refractivity contribution in [3.05, 3.63) is 65.7 Å². The summed E-state index contributed by atoms with van der Waals surface area (Å²) in [5, 5.41) is 0. The Kier molecular flexibility index (Phi) is 6.25. The molecule has 164 valence electrons. The highest BCUT2D eigenvalue weighted by atomic mass is 32.2. The molecular weight excluding hydrogens is 412 g/mol. The number of carbonyl (C=O) groups is 2. The van der Waals surface area contributed by atoms with E-state index in [-0.39, 0.29) is 22.5 Å². The minimum Gasteiger partial charge on any atom is -0.341 e. The van der Waals surface area contributed by atoms with Crippen molar-refractivity contribution in [3.8, 4) is 0 Å². The minimum atomic E-state index is -3.72. The molecule has 0 N–H and O–H groups in total. The number of benzene rings is 2. The van der Waals surface area contributed by atoms with Crippen LogP contribution < -0.4 is 0 Å². The van der Waals surface area contributed by atoms with Gasteiger partial charge in [0.15, 0.2) is 5.78 Å². The molecule has 2 heterocycles. The van der Waals surface area contributed by atoms with Gasteiger partial charge in [0.05, 0.1) is 4.90 Å². The number of hydrogen-bond donors (Lipinski definition) is 0. The summed E-state index contributed by atoms with van der Waals surface area (Å²) in [5.74, 6) is -0.113. The standard InChI is InChI=1S/C24H28N2O4S/c1-18-9-11-21(12-10-18)31(29,30)26-15-5-8-22(26)24(28)25-16-13-20(14-17-25)23(27)19-6-3-2-4-7-19/h2-4,6-7,9-12,20,22H,5,8,13-17H2,1H3/t22-/m0/s1. The molecule has 31 heavy (non-hydrogen) atoms. The van der Waals surface area contributed by atoms with Crippen LogP contribution in [-0.2, 0) is 14.8 Å². The Morgan fingerprint density at radius 1 is 0.871 bits per heavy atom. The molecule has 2 aliphatic heterocycles. The van der Waals surface area contributed by atoms with Crippen LogP contribution in [-0.4, -0.2) is 55.0 Å². The number of aryl methyl sites for hydroxylation is 1. The maximum absolute atomic E-state index is 13.2. The fraction of sp³-hybridized carbons (Fsp3) is 0.417. The Bertz CT molecular complexity index is 1040. The molecule has 2 aromatic carbocycles. The second kappa shape index (κ2) is 8.93. The highest BCUT2D eigenvalue weighted by molar-refractivity contribution is 7.89. The second-order valence-corrected chi connectivity index (χ2v) is 10.3. The maximum Gasteiger partial charge on any atom is 0.243 e. The van der Waals surface area contributed by atoms with Crippen molar-refractivity contribution >= 4 is 21.7 Å². The highest BCUT2D eigenvalue weighted by Crippen LogP contribution is 2.29. The Morgan fingerprint density at radius 2 is 1.52 bits per heavy atom. The van der Waals surface area contributed by atoms with Crippen molar-refractivity contribution in [1.82, 2.24) is 9.21 Å². The van der Waals surface area contributed by atoms with Crippen LogP contribution in [0.5, 0.6) is 0 Å². The van der Waals surface area contributed by atoms with Gasteiger partial charge in [-0.15, -0.1) is 0 Å². The first kappa shape index (κ1) is 21.7. The SMILES string of the molecule is Cc1ccc(S(=O)(=O)N2CCC[C@H]2C(=O)N2CCC(C(=O)c3ccccc3)CC2)cc1. The van der Waals surface area contributed by atoms with Gasteiger partial charge in [-0.3, -0.25) is 9.59 Å². The zero-order valence-corrected chi connectivity index (χ0v) is 18.6. The summed E-state index contributed by atoms with van der Waals surface area (Å²) >= 11 is 0. The lowest BCUT2D eigenvalue weighted by molar-refractivity contribution is -0.135. The van der Waals surface area contributed by atoms with Crippen LogP contribution in [0, 0.1) is 12.8 Å². The predicted octanol–water partition coefficient (Wildman–Crippen LogP) is 3.27. The second-order valence-electron chi connectivity index (χ2n) is 8.42. The van der Waals surface area contributed by atoms with E-state index in [1.807, 2.05) is 37.3 Å². The summed E-state index contributed by atoms with van der Waals surface area (Å²) in [6, 6.07) is 15.3. The largest absolute Gasteiger partial charge is 0.341 e. The van der Waals surface area contributed by atoms with E-state index < -0.39 is 16.1 Å². The van der Waals surface area contributed by atoms with Crippen molar-refractivity contribution in [1.29, 1.82) is 0 Å². The number of rotatable bonds is 5. The third kappa shape index (κ3) is 4.43. The number of Topliss-reactive ketones (excluding diaryl/α,β-unsaturated/α-hetero) is 1. The van der Waals surface area contributed by atoms with Gasteiger partial charge < -0.3 is 4.90 Å². The van der Waals surface area contributed by atoms with Gasteiger partial charge in [0.25, 0.3) is 0 Å². The van der Waals surface area contributed by atoms with Gasteiger partial charge in [0.2, 0.25) is 15.9 Å². The Hall–Kier alpha value is -2.51. The molecule has 0 aromatic heterocycles. The average Bonchev–Trinajstić information content (AvgIpc) is 3.30. The number of ketones is 1. The molecule has 1 atom stereocenters. The van der Waals surface area contributed by atoms with Gasteiger partial charge in [0.1, 0.15) is 6.04 Å². The van der Waals surface area contributed by atoms with Crippen LogP contribution in [0.15, 0.2) is 59.5 Å². The number of nitrogens with zero attached hydrogens (tertiary/aromatic N) is 2. The molecule has 2 aromatic rings. The highest BCUT2D eigenvalue weighted by Gasteiger charge is 2.42. The van der Waals surface area contributed by atoms with E-state index in [0.717, 1.165) is 5.56 Å². The van der Waals surface area contributed by atoms with Crippen LogP contribution in [0.4, 0.5) is 0 Å². The Balaban J connectivity index is 1.42. The summed E-state index contributed by atoms with van der Waals surface area (Å²) in [6.45, 7) is 3.23. The monoisotopic (exact) mass is 440 g/mol. The van der Waals surface area contributed by atoms with E-state index in [2.05, 4.69) is 0 Å². The number of piperidine rings is 1. The average molecular weight is 441 g/mol. The summed E-state index contributed by atoms with van der Waals surface area (Å²) < 4.78 is 27.7. The molecular formula is C24H28N2O4S. The van der Waals surface area contributed by atoms with Gasteiger partial charge in [-0.05, 0) is 44.7 Å². The first-order valence-corrected chi connectivity index (χ1v) is 12.3. The van der Waals surface area contributed by atoms with Crippen LogP contribution in [0.25, 0.3) is 0 Å². The van der Waals surface area contributed by atoms with Crippen molar-refractivity contribution < 1.29 is 18.0 Å². The summed E-state index contributed by atoms with van der Waals surface area (Å²) in [5.41, 5.74) is 1.69. The molecule has 0 radical (unpaired) electrons. The zero-order valence-electron chi connectivity index (χ0n) is 17.7. The first-order valence-electron chi connectivity index (χ1n) is 10.8. The zero-order chi connectivity index (χ0) is 22.0. The molecule has 0 unspecified atom stereocenters. The minimum absolute atomic E-state index is 0.0950. The third-order valence-corrected chi connectivity index (χ3v) is 8.27. The predicted molar refractivity (Wildman–Crippen MR) is 118 cm³/mol. The van der Waals surface area contributed by atoms with Gasteiger partial charge in [-0.25, -0.2) is 8.42 Å². The molecule has 0 saturated carbocycles. The quantitative estimate of drug-likeness (QED) is 0.669. The number of carbonyl (C=O) groups excluding carboxylic acids is 2. The maximum atomic E-state index is 13.2. The van der Waals surface area contributed by atoms with E-state index in [0.29, 0.717) is 50.9 Å². The Labute approximate surface area is 183 Å². The third-order valence-electron chi connectivity index (χ3n) is 6.35. The first-order chi connectivity index (χ1) is 14.9. The summed E-state index contributed by atoms with van der Waals surface area (Å²) in [7, 11) is -3.72. The topological polar surface area (TPSA) is 74.8 Å². The normalized spacial score (nSPS) is 20.7. The molecule has 6 nitrogen and oxygen atoms in total. The van der Waals surface area contributed by atoms with Crippen LogP contribution in [0.1, 0.15) is 41.6 Å². The molecule has 2 saturated heterocycles. The van der Waals surface area contributed by atoms with Gasteiger partial charge in [0, 0.05) is 31.1 Å². The molecule has 1 amide bonds. The van der Waals surface area contributed by atoms with Gasteiger partial charge in [-0.2, -0.15) is 4.31 Å². The van der Waals surface area contributed by atoms with Crippen molar-refractivity contribution in [2.45, 2.75) is 43.5 Å². The molecule has 0 bridgehead atoms. The van der Waals surface area contributed by atoms with Crippen LogP contribution >= 0.6 is 0 Å². The van der Waals surface area contributed by atoms with Crippen molar-refractivity contribution in [2.24, 2.45) is 5.92 Å². The van der Waals surface area contributed by atoms with Crippen molar-refractivity contribution in [2.75, 3.05) is 19.6 Å². The molecule has 0 aliphatic carbocycles. The number of likely N-dealkylation sites (tertiary alicyclic amines) is 1. The lowest BCUT2D eigenvalue weighted by Gasteiger charge is -2.34. The summed E-state index contributed by atoms with van der Waals surface area (Å²) in [6.07, 6.45) is 2.42. The molecule has 2 fully saturated rings. The van der Waals surface area contributed by atoms with Crippen LogP contribution in [0.3, 0.4) is 0 Å². The van der Waals surface area contributed by atoms with E-state index in [9.17, 15) is 18.0 Å². The number of hydrogen-bond acceptors (Lipinski definition) is 4. The van der Waals surface area contributed by atoms with E-state index in [1.54, 1.807) is 29.2 Å². The fourth-order valence-corrected chi connectivity index (χ4v) is 6.18. The molecule has 0 spiro atoms. The van der Waals surface area contributed by atoms with Crippen molar-refractivity contribution in [3.63, 3.8) is 0 Å². The molecule has 4 rings (SSSR count). The lowest BCUT2D eigenvalue weighted by atomic mass is 9.88. The Morgan fingerprint density at radius 3 is 2.16 bits per heavy atom. The number of sulfonamides is 1. The van der Waals surface area contributed by atoms with E-state index in [1.165, 1.54) is 4.31 Å². The fourth-order valence-electron chi connectivity index (χ4n) is 4.53. The smallest absolute Gasteiger partial charge is 0.243 e.